The first-order chi connectivity index (χ1) is 13.9. The summed E-state index contributed by atoms with van der Waals surface area (Å²) in [6.07, 6.45) is 3.42. The van der Waals surface area contributed by atoms with Gasteiger partial charge in [-0.05, 0) is 51.8 Å². The minimum atomic E-state index is -0.492. The molecule has 2 aromatic heterocycles. The quantitative estimate of drug-likeness (QED) is 0.304. The van der Waals surface area contributed by atoms with Gasteiger partial charge >= 0.3 is 11.0 Å². The molecular formula is C20H23N3O5S2. The van der Waals surface area contributed by atoms with Gasteiger partial charge in [0.2, 0.25) is 5.91 Å². The van der Waals surface area contributed by atoms with Crippen molar-refractivity contribution < 1.29 is 19.2 Å². The number of carbonyl (C=O) groups is 2. The Morgan fingerprint density at radius 2 is 1.97 bits per heavy atom. The van der Waals surface area contributed by atoms with Crippen LogP contribution >= 0.6 is 22.7 Å². The van der Waals surface area contributed by atoms with Gasteiger partial charge in [0, 0.05) is 33.0 Å². The Labute approximate surface area is 182 Å². The molecule has 160 valence electrons. The molecule has 0 bridgehead atoms. The molecule has 10 heteroatoms. The Balaban J connectivity index is 1.91. The van der Waals surface area contributed by atoms with Gasteiger partial charge in [-0.3, -0.25) is 14.9 Å². The first-order valence-corrected chi connectivity index (χ1v) is 10.8. The molecule has 0 fully saturated rings. The number of methoxy groups -OCH3 is 1. The van der Waals surface area contributed by atoms with Crippen LogP contribution in [0.3, 0.4) is 0 Å². The highest BCUT2D eigenvalue weighted by atomic mass is 32.1. The highest BCUT2D eigenvalue weighted by Crippen LogP contribution is 2.45. The number of nitro groups is 1. The van der Waals surface area contributed by atoms with Crippen LogP contribution in [0.1, 0.15) is 53.4 Å². The van der Waals surface area contributed by atoms with Crippen LogP contribution in [0.5, 0.6) is 0 Å². The Morgan fingerprint density at radius 1 is 1.27 bits per heavy atom. The van der Waals surface area contributed by atoms with E-state index in [0.717, 1.165) is 21.8 Å². The molecule has 0 atom stereocenters. The Hall–Kier alpha value is -2.56. The van der Waals surface area contributed by atoms with Crippen molar-refractivity contribution in [1.82, 2.24) is 5.32 Å². The molecule has 2 aromatic rings. The fourth-order valence-corrected chi connectivity index (χ4v) is 5.77. The zero-order chi connectivity index (χ0) is 22.3. The highest BCUT2D eigenvalue weighted by Gasteiger charge is 2.42. The number of nitrogens with zero attached hydrogens (tertiary/aromatic N) is 1. The van der Waals surface area contributed by atoms with E-state index in [-0.39, 0.29) is 16.1 Å². The van der Waals surface area contributed by atoms with Crippen LogP contribution in [0, 0.1) is 10.1 Å². The maximum atomic E-state index is 12.5. The molecule has 0 saturated carbocycles. The Bertz CT molecular complexity index is 1050. The number of thiophene rings is 2. The molecule has 0 aliphatic carbocycles. The number of esters is 1. The van der Waals surface area contributed by atoms with Gasteiger partial charge in [0.15, 0.2) is 0 Å². The summed E-state index contributed by atoms with van der Waals surface area (Å²) in [6, 6.07) is 2.97. The van der Waals surface area contributed by atoms with E-state index < -0.39 is 16.8 Å². The predicted octanol–water partition coefficient (Wildman–Crippen LogP) is 4.32. The van der Waals surface area contributed by atoms with Gasteiger partial charge in [-0.15, -0.1) is 11.3 Å². The van der Waals surface area contributed by atoms with Crippen molar-refractivity contribution in [2.24, 2.45) is 0 Å². The average Bonchev–Trinajstić information content (AvgIpc) is 3.23. The van der Waals surface area contributed by atoms with Crippen LogP contribution in [-0.4, -0.2) is 29.4 Å². The van der Waals surface area contributed by atoms with Crippen molar-refractivity contribution in [3.63, 3.8) is 0 Å². The van der Waals surface area contributed by atoms with E-state index >= 15 is 0 Å². The number of carbonyl (C=O) groups excluding carboxylic acids is 2. The van der Waals surface area contributed by atoms with Gasteiger partial charge in [-0.1, -0.05) is 11.3 Å². The lowest BCUT2D eigenvalue weighted by Gasteiger charge is -2.42. The second-order valence-electron chi connectivity index (χ2n) is 8.17. The summed E-state index contributed by atoms with van der Waals surface area (Å²) >= 11 is 2.33. The molecule has 1 aliphatic rings. The fraction of sp³-hybridized carbons (Fsp3) is 0.400. The number of nitrogens with one attached hydrogen (secondary N) is 2. The SMILES string of the molecule is COC(=O)c1c(NC(=O)C=Cc2ccc([N+](=O)[O-])s2)sc2c1CC(C)(C)NC2(C)C. The van der Waals surface area contributed by atoms with Crippen LogP contribution in [0.25, 0.3) is 6.08 Å². The summed E-state index contributed by atoms with van der Waals surface area (Å²) in [5.41, 5.74) is 0.664. The zero-order valence-corrected chi connectivity index (χ0v) is 19.0. The number of fused-ring (bicyclic) bond motifs is 1. The van der Waals surface area contributed by atoms with E-state index in [4.69, 9.17) is 4.74 Å². The molecule has 1 amide bonds. The van der Waals surface area contributed by atoms with Crippen molar-refractivity contribution in [3.05, 3.63) is 49.2 Å². The molecule has 0 aromatic carbocycles. The van der Waals surface area contributed by atoms with Gasteiger partial charge in [-0.25, -0.2) is 4.79 Å². The molecule has 8 nitrogen and oxygen atoms in total. The third-order valence-electron chi connectivity index (χ3n) is 4.66. The average molecular weight is 450 g/mol. The van der Waals surface area contributed by atoms with Crippen molar-refractivity contribution in [1.29, 1.82) is 0 Å². The molecule has 0 unspecified atom stereocenters. The smallest absolute Gasteiger partial charge is 0.341 e. The number of ether oxygens (including phenoxy) is 1. The first kappa shape index (κ1) is 22.1. The highest BCUT2D eigenvalue weighted by molar-refractivity contribution is 7.17. The molecule has 0 saturated heterocycles. The maximum Gasteiger partial charge on any atom is 0.341 e. The van der Waals surface area contributed by atoms with Crippen molar-refractivity contribution in [2.75, 3.05) is 12.4 Å². The number of hydrogen-bond acceptors (Lipinski definition) is 8. The molecule has 1 aliphatic heterocycles. The van der Waals surface area contributed by atoms with Crippen molar-refractivity contribution >= 4 is 50.6 Å². The lowest BCUT2D eigenvalue weighted by Crippen LogP contribution is -2.55. The lowest BCUT2D eigenvalue weighted by atomic mass is 9.81. The van der Waals surface area contributed by atoms with E-state index in [0.29, 0.717) is 21.9 Å². The fourth-order valence-electron chi connectivity index (χ4n) is 3.77. The van der Waals surface area contributed by atoms with Gasteiger partial charge < -0.3 is 15.4 Å². The molecule has 30 heavy (non-hydrogen) atoms. The van der Waals surface area contributed by atoms with Crippen LogP contribution in [0.4, 0.5) is 10.0 Å². The Kier molecular flexibility index (Phi) is 5.85. The van der Waals surface area contributed by atoms with Gasteiger partial charge in [0.1, 0.15) is 5.00 Å². The standard InChI is InChI=1S/C20H23N3O5S2/c1-19(2)10-12-15(18(25)28-5)17(30-16(12)20(3,4)22-19)21-13(24)8-6-11-7-9-14(29-11)23(26)27/h6-9,22H,10H2,1-5H3,(H,21,24). The van der Waals surface area contributed by atoms with Crippen molar-refractivity contribution in [3.8, 4) is 0 Å². The molecule has 0 radical (unpaired) electrons. The van der Waals surface area contributed by atoms with E-state index in [9.17, 15) is 19.7 Å². The number of anilines is 1. The number of rotatable bonds is 5. The van der Waals surface area contributed by atoms with Gasteiger partial charge in [-0.2, -0.15) is 0 Å². The summed E-state index contributed by atoms with van der Waals surface area (Å²) in [4.78, 5) is 36.9. The van der Waals surface area contributed by atoms with E-state index in [2.05, 4.69) is 24.5 Å². The monoisotopic (exact) mass is 449 g/mol. The summed E-state index contributed by atoms with van der Waals surface area (Å²) in [5, 5.41) is 17.6. The largest absolute Gasteiger partial charge is 0.465 e. The van der Waals surface area contributed by atoms with Gasteiger partial charge in [0.25, 0.3) is 0 Å². The second kappa shape index (κ2) is 7.93. The molecule has 0 spiro atoms. The zero-order valence-electron chi connectivity index (χ0n) is 17.3. The molecule has 3 heterocycles. The van der Waals surface area contributed by atoms with Crippen molar-refractivity contribution in [2.45, 2.75) is 45.2 Å². The summed E-state index contributed by atoms with van der Waals surface area (Å²) in [7, 11) is 1.32. The van der Waals surface area contributed by atoms with Crippen LogP contribution in [0.2, 0.25) is 0 Å². The minimum Gasteiger partial charge on any atom is -0.465 e. The van der Waals surface area contributed by atoms with E-state index in [1.807, 2.05) is 13.8 Å². The third-order valence-corrected chi connectivity index (χ3v) is 7.14. The minimum absolute atomic E-state index is 0.00585. The summed E-state index contributed by atoms with van der Waals surface area (Å²) in [6.45, 7) is 8.22. The first-order valence-electron chi connectivity index (χ1n) is 9.20. The van der Waals surface area contributed by atoms with E-state index in [1.54, 1.807) is 6.07 Å². The predicted molar refractivity (Wildman–Crippen MR) is 118 cm³/mol. The van der Waals surface area contributed by atoms with Crippen LogP contribution in [-0.2, 0) is 21.5 Å². The third kappa shape index (κ3) is 4.45. The molecule has 3 rings (SSSR count). The van der Waals surface area contributed by atoms with Gasteiger partial charge in [0.05, 0.1) is 17.6 Å². The normalized spacial score (nSPS) is 16.8. The Morgan fingerprint density at radius 3 is 2.57 bits per heavy atom. The van der Waals surface area contributed by atoms with Crippen LogP contribution < -0.4 is 10.6 Å². The molecular weight excluding hydrogens is 426 g/mol. The molecule has 2 N–H and O–H groups in total. The lowest BCUT2D eigenvalue weighted by molar-refractivity contribution is -0.380. The summed E-state index contributed by atoms with van der Waals surface area (Å²) < 4.78 is 4.99. The number of amides is 1. The van der Waals surface area contributed by atoms with E-state index in [1.165, 1.54) is 36.7 Å². The topological polar surface area (TPSA) is 111 Å². The van der Waals surface area contributed by atoms with Crippen LogP contribution in [0.15, 0.2) is 18.2 Å². The summed E-state index contributed by atoms with van der Waals surface area (Å²) in [5.74, 6) is -0.922. The maximum absolute atomic E-state index is 12.5. The second-order valence-corrected chi connectivity index (χ2v) is 10.3. The number of hydrogen-bond donors (Lipinski definition) is 2.